The number of guanidine groups is 1. The number of nitrogens with zero attached hydrogens (tertiary/aromatic N) is 2. The van der Waals surface area contributed by atoms with Crippen molar-refractivity contribution in [3.05, 3.63) is 30.1 Å². The molecule has 1 aliphatic heterocycles. The van der Waals surface area contributed by atoms with E-state index < -0.39 is 0 Å². The molecule has 7 heteroatoms. The molecule has 1 aromatic carbocycles. The van der Waals surface area contributed by atoms with Crippen LogP contribution in [-0.4, -0.2) is 50.7 Å². The number of nitrogens with one attached hydrogen (secondary N) is 2. The maximum atomic E-state index is 13.3. The minimum atomic E-state index is -0.168. The van der Waals surface area contributed by atoms with E-state index in [2.05, 4.69) is 26.8 Å². The molecule has 0 spiro atoms. The summed E-state index contributed by atoms with van der Waals surface area (Å²) in [6, 6.07) is 7.28. The van der Waals surface area contributed by atoms with Crippen molar-refractivity contribution < 1.29 is 4.39 Å². The molecule has 0 bridgehead atoms. The van der Waals surface area contributed by atoms with Gasteiger partial charge in [0.05, 0.1) is 0 Å². The minimum Gasteiger partial charge on any atom is -0.371 e. The number of aliphatic imine (C=N–C) groups is 1. The minimum absolute atomic E-state index is 0. The van der Waals surface area contributed by atoms with Gasteiger partial charge in [-0.15, -0.1) is 24.0 Å². The summed E-state index contributed by atoms with van der Waals surface area (Å²) in [5, 5.41) is 6.91. The second-order valence-corrected chi connectivity index (χ2v) is 7.07. The maximum absolute atomic E-state index is 13.3. The molecule has 0 unspecified atom stereocenters. The first kappa shape index (κ1) is 22.3. The average Bonchev–Trinajstić information content (AvgIpc) is 2.61. The number of piperidine rings is 1. The third-order valence-corrected chi connectivity index (χ3v) is 5.00. The van der Waals surface area contributed by atoms with Crippen LogP contribution < -0.4 is 15.5 Å². The van der Waals surface area contributed by atoms with Crippen molar-refractivity contribution in [3.8, 4) is 0 Å². The van der Waals surface area contributed by atoms with Crippen LogP contribution in [0.4, 0.5) is 10.1 Å². The summed E-state index contributed by atoms with van der Waals surface area (Å²) in [5.41, 5.74) is 0.977. The van der Waals surface area contributed by atoms with Crippen molar-refractivity contribution in [2.45, 2.75) is 31.7 Å². The van der Waals surface area contributed by atoms with Crippen LogP contribution in [0.1, 0.15) is 25.7 Å². The molecule has 1 heterocycles. The molecule has 0 amide bonds. The fourth-order valence-corrected chi connectivity index (χ4v) is 3.41. The highest BCUT2D eigenvalue weighted by Crippen LogP contribution is 2.20. The molecular formula is C18H30FIN4S. The van der Waals surface area contributed by atoms with Gasteiger partial charge in [0.2, 0.25) is 0 Å². The third kappa shape index (κ3) is 8.02. The van der Waals surface area contributed by atoms with Crippen LogP contribution in [0.25, 0.3) is 0 Å². The zero-order valence-corrected chi connectivity index (χ0v) is 18.3. The van der Waals surface area contributed by atoms with Crippen molar-refractivity contribution in [1.82, 2.24) is 10.6 Å². The lowest BCUT2D eigenvalue weighted by atomic mass is 10.0. The summed E-state index contributed by atoms with van der Waals surface area (Å²) in [6.07, 6.45) is 6.61. The third-order valence-electron chi connectivity index (χ3n) is 4.30. The quantitative estimate of drug-likeness (QED) is 0.270. The number of rotatable bonds is 7. The van der Waals surface area contributed by atoms with Gasteiger partial charge in [-0.2, -0.15) is 11.8 Å². The Morgan fingerprint density at radius 1 is 1.32 bits per heavy atom. The molecule has 2 N–H and O–H groups in total. The molecule has 1 fully saturated rings. The number of hydrogen-bond donors (Lipinski definition) is 2. The number of hydrogen-bond acceptors (Lipinski definition) is 3. The zero-order chi connectivity index (χ0) is 17.2. The van der Waals surface area contributed by atoms with Crippen LogP contribution in [0.3, 0.4) is 0 Å². The molecule has 0 aromatic heterocycles. The van der Waals surface area contributed by atoms with E-state index >= 15 is 0 Å². The summed E-state index contributed by atoms with van der Waals surface area (Å²) < 4.78 is 13.3. The Morgan fingerprint density at radius 3 is 2.72 bits per heavy atom. The molecule has 25 heavy (non-hydrogen) atoms. The molecule has 2 rings (SSSR count). The van der Waals surface area contributed by atoms with Crippen molar-refractivity contribution in [3.63, 3.8) is 0 Å². The summed E-state index contributed by atoms with van der Waals surface area (Å²) in [5.74, 6) is 1.94. The van der Waals surface area contributed by atoms with E-state index in [0.717, 1.165) is 44.1 Å². The highest BCUT2D eigenvalue weighted by atomic mass is 127. The first-order valence-corrected chi connectivity index (χ1v) is 10.1. The Kier molecular flexibility index (Phi) is 11.3. The maximum Gasteiger partial charge on any atom is 0.191 e. The van der Waals surface area contributed by atoms with Gasteiger partial charge in [-0.3, -0.25) is 4.99 Å². The van der Waals surface area contributed by atoms with Gasteiger partial charge < -0.3 is 15.5 Å². The van der Waals surface area contributed by atoms with Crippen LogP contribution >= 0.6 is 35.7 Å². The first-order valence-electron chi connectivity index (χ1n) is 8.69. The van der Waals surface area contributed by atoms with Gasteiger partial charge in [0, 0.05) is 38.4 Å². The molecule has 1 saturated heterocycles. The standard InChI is InChI=1S/C18H29FN4S.HI/c1-20-18(21-10-3-4-13-24-2)22-16-8-11-23(12-9-16)17-7-5-6-15(19)14-17;/h5-7,14,16H,3-4,8-13H2,1-2H3,(H2,20,21,22);1H. The summed E-state index contributed by atoms with van der Waals surface area (Å²) in [4.78, 5) is 6.56. The Hall–Kier alpha value is -0.700. The van der Waals surface area contributed by atoms with Gasteiger partial charge in [0.1, 0.15) is 5.82 Å². The van der Waals surface area contributed by atoms with Gasteiger partial charge in [0.15, 0.2) is 5.96 Å². The number of anilines is 1. The number of unbranched alkanes of at least 4 members (excludes halogenated alkanes) is 1. The van der Waals surface area contributed by atoms with E-state index in [0.29, 0.717) is 6.04 Å². The number of halogens is 2. The number of thioether (sulfide) groups is 1. The van der Waals surface area contributed by atoms with Gasteiger partial charge in [0.25, 0.3) is 0 Å². The Balaban J connectivity index is 0.00000312. The first-order chi connectivity index (χ1) is 11.7. The largest absolute Gasteiger partial charge is 0.371 e. The fraction of sp³-hybridized carbons (Fsp3) is 0.611. The van der Waals surface area contributed by atoms with Gasteiger partial charge >= 0.3 is 0 Å². The van der Waals surface area contributed by atoms with Crippen LogP contribution in [0.5, 0.6) is 0 Å². The zero-order valence-electron chi connectivity index (χ0n) is 15.1. The second kappa shape index (κ2) is 12.6. The highest BCUT2D eigenvalue weighted by Gasteiger charge is 2.20. The van der Waals surface area contributed by atoms with Crippen molar-refractivity contribution in [2.75, 3.05) is 43.6 Å². The van der Waals surface area contributed by atoms with Crippen molar-refractivity contribution in [1.29, 1.82) is 0 Å². The second-order valence-electron chi connectivity index (χ2n) is 6.08. The summed E-state index contributed by atoms with van der Waals surface area (Å²) in [7, 11) is 1.82. The van der Waals surface area contributed by atoms with Gasteiger partial charge in [-0.05, 0) is 55.9 Å². The molecule has 142 valence electrons. The van der Waals surface area contributed by atoms with Crippen LogP contribution in [0.15, 0.2) is 29.3 Å². The van der Waals surface area contributed by atoms with Crippen LogP contribution in [0.2, 0.25) is 0 Å². The molecule has 4 nitrogen and oxygen atoms in total. The summed E-state index contributed by atoms with van der Waals surface area (Å²) >= 11 is 1.89. The predicted molar refractivity (Wildman–Crippen MR) is 119 cm³/mol. The SMILES string of the molecule is CN=C(NCCCCSC)NC1CCN(c2cccc(F)c2)CC1.I. The monoisotopic (exact) mass is 480 g/mol. The molecule has 1 aliphatic rings. The highest BCUT2D eigenvalue weighted by molar-refractivity contribution is 14.0. The lowest BCUT2D eigenvalue weighted by molar-refractivity contribution is 0.461. The predicted octanol–water partition coefficient (Wildman–Crippen LogP) is 3.72. The lowest BCUT2D eigenvalue weighted by Crippen LogP contribution is -2.48. The molecule has 0 radical (unpaired) electrons. The topological polar surface area (TPSA) is 39.7 Å². The number of benzene rings is 1. The van der Waals surface area contributed by atoms with Crippen LogP contribution in [-0.2, 0) is 0 Å². The molecule has 0 atom stereocenters. The van der Waals surface area contributed by atoms with E-state index in [4.69, 9.17) is 0 Å². The van der Waals surface area contributed by atoms with Crippen molar-refractivity contribution in [2.24, 2.45) is 4.99 Å². The van der Waals surface area contributed by atoms with Crippen molar-refractivity contribution >= 4 is 47.4 Å². The molecule has 0 aliphatic carbocycles. The molecule has 1 aromatic rings. The van der Waals surface area contributed by atoms with E-state index in [1.54, 1.807) is 12.1 Å². The Bertz CT molecular complexity index is 522. The Labute approximate surface area is 172 Å². The molecular weight excluding hydrogens is 450 g/mol. The van der Waals surface area contributed by atoms with E-state index in [1.165, 1.54) is 24.7 Å². The molecule has 0 saturated carbocycles. The Morgan fingerprint density at radius 2 is 2.08 bits per heavy atom. The fourth-order valence-electron chi connectivity index (χ4n) is 2.92. The van der Waals surface area contributed by atoms with E-state index in [9.17, 15) is 4.39 Å². The smallest absolute Gasteiger partial charge is 0.191 e. The van der Waals surface area contributed by atoms with E-state index in [-0.39, 0.29) is 29.8 Å². The summed E-state index contributed by atoms with van der Waals surface area (Å²) in [6.45, 7) is 2.83. The normalized spacial score (nSPS) is 15.6. The lowest BCUT2D eigenvalue weighted by Gasteiger charge is -2.34. The van der Waals surface area contributed by atoms with Crippen LogP contribution in [0, 0.1) is 5.82 Å². The van der Waals surface area contributed by atoms with E-state index in [1.807, 2.05) is 24.9 Å². The average molecular weight is 480 g/mol. The van der Waals surface area contributed by atoms with Gasteiger partial charge in [-0.1, -0.05) is 6.07 Å². The van der Waals surface area contributed by atoms with Gasteiger partial charge in [-0.25, -0.2) is 4.39 Å².